The Morgan fingerprint density at radius 1 is 1.47 bits per heavy atom. The molecule has 1 atom stereocenters. The molecule has 2 rings (SSSR count). The molecule has 0 radical (unpaired) electrons. The highest BCUT2D eigenvalue weighted by Gasteiger charge is 2.22. The van der Waals surface area contributed by atoms with Crippen molar-refractivity contribution in [2.75, 3.05) is 18.0 Å². The van der Waals surface area contributed by atoms with Crippen LogP contribution in [-0.2, 0) is 6.54 Å². The van der Waals surface area contributed by atoms with Gasteiger partial charge in [0.2, 0.25) is 0 Å². The number of hydrogen-bond donors (Lipinski definition) is 1. The lowest BCUT2D eigenvalue weighted by Gasteiger charge is -2.26. The summed E-state index contributed by atoms with van der Waals surface area (Å²) in [6.45, 7) is 7.50. The summed E-state index contributed by atoms with van der Waals surface area (Å²) >= 11 is 6.13. The maximum atomic E-state index is 6.13. The van der Waals surface area contributed by atoms with Gasteiger partial charge in [-0.1, -0.05) is 24.6 Å². The van der Waals surface area contributed by atoms with Gasteiger partial charge in [0.1, 0.15) is 0 Å². The Morgan fingerprint density at radius 2 is 2.29 bits per heavy atom. The fraction of sp³-hybridized carbons (Fsp3) is 0.571. The van der Waals surface area contributed by atoms with Gasteiger partial charge in [0.25, 0.3) is 0 Å². The third-order valence-electron chi connectivity index (χ3n) is 3.48. The molecule has 0 amide bonds. The Bertz CT molecular complexity index is 378. The molecule has 0 aromatic heterocycles. The number of nitrogens with zero attached hydrogens (tertiary/aromatic N) is 1. The molecule has 2 nitrogen and oxygen atoms in total. The van der Waals surface area contributed by atoms with Crippen LogP contribution in [0.2, 0.25) is 5.02 Å². The zero-order chi connectivity index (χ0) is 12.3. The van der Waals surface area contributed by atoms with Gasteiger partial charge in [0.15, 0.2) is 0 Å². The van der Waals surface area contributed by atoms with Crippen molar-refractivity contribution in [3.63, 3.8) is 0 Å². The highest BCUT2D eigenvalue weighted by atomic mass is 35.5. The Balaban J connectivity index is 2.25. The number of halogens is 1. The van der Waals surface area contributed by atoms with Gasteiger partial charge in [-0.25, -0.2) is 0 Å². The molecule has 1 aliphatic rings. The average molecular weight is 253 g/mol. The lowest BCUT2D eigenvalue weighted by molar-refractivity contribution is 0.706. The van der Waals surface area contributed by atoms with E-state index in [4.69, 9.17) is 11.6 Å². The molecule has 1 aliphatic heterocycles. The number of rotatable bonds is 4. The summed E-state index contributed by atoms with van der Waals surface area (Å²) in [4.78, 5) is 2.48. The molecule has 1 fully saturated rings. The highest BCUT2D eigenvalue weighted by Crippen LogP contribution is 2.30. The number of hydrogen-bond acceptors (Lipinski definition) is 2. The zero-order valence-electron chi connectivity index (χ0n) is 10.7. The van der Waals surface area contributed by atoms with Crippen LogP contribution in [0.4, 0.5) is 5.69 Å². The van der Waals surface area contributed by atoms with Gasteiger partial charge in [-0.3, -0.25) is 0 Å². The Kier molecular flexibility index (Phi) is 4.30. The summed E-state index contributed by atoms with van der Waals surface area (Å²) in [7, 11) is 0. The fourth-order valence-corrected chi connectivity index (χ4v) is 2.67. The molecule has 1 saturated heterocycles. The molecule has 0 spiro atoms. The van der Waals surface area contributed by atoms with Gasteiger partial charge in [-0.2, -0.15) is 0 Å². The van der Waals surface area contributed by atoms with Crippen molar-refractivity contribution < 1.29 is 0 Å². The monoisotopic (exact) mass is 252 g/mol. The molecule has 0 aliphatic carbocycles. The molecule has 0 bridgehead atoms. The van der Waals surface area contributed by atoms with Crippen LogP contribution in [-0.4, -0.2) is 19.1 Å². The van der Waals surface area contributed by atoms with Crippen LogP contribution in [0, 0.1) is 0 Å². The van der Waals surface area contributed by atoms with Crippen LogP contribution >= 0.6 is 11.6 Å². The van der Waals surface area contributed by atoms with E-state index < -0.39 is 0 Å². The van der Waals surface area contributed by atoms with Crippen LogP contribution in [0.15, 0.2) is 18.2 Å². The summed E-state index contributed by atoms with van der Waals surface area (Å²) in [6.07, 6.45) is 2.57. The minimum absolute atomic E-state index is 0.633. The summed E-state index contributed by atoms with van der Waals surface area (Å²) < 4.78 is 0. The average Bonchev–Trinajstić information content (AvgIpc) is 2.74. The minimum atomic E-state index is 0.633. The van der Waals surface area contributed by atoms with Gasteiger partial charge in [0, 0.05) is 29.8 Å². The third kappa shape index (κ3) is 2.93. The second kappa shape index (κ2) is 5.74. The molecule has 1 N–H and O–H groups in total. The van der Waals surface area contributed by atoms with E-state index in [0.717, 1.165) is 24.7 Å². The highest BCUT2D eigenvalue weighted by molar-refractivity contribution is 6.30. The van der Waals surface area contributed by atoms with E-state index in [9.17, 15) is 0 Å². The molecule has 94 valence electrons. The van der Waals surface area contributed by atoms with E-state index in [1.165, 1.54) is 24.1 Å². The van der Waals surface area contributed by atoms with Crippen molar-refractivity contribution in [1.29, 1.82) is 0 Å². The van der Waals surface area contributed by atoms with Gasteiger partial charge in [0.05, 0.1) is 0 Å². The van der Waals surface area contributed by atoms with E-state index >= 15 is 0 Å². The fourth-order valence-electron chi connectivity index (χ4n) is 2.50. The molecule has 17 heavy (non-hydrogen) atoms. The van der Waals surface area contributed by atoms with Crippen molar-refractivity contribution >= 4 is 17.3 Å². The van der Waals surface area contributed by atoms with Gasteiger partial charge < -0.3 is 10.2 Å². The van der Waals surface area contributed by atoms with Crippen molar-refractivity contribution in [2.45, 2.75) is 39.3 Å². The van der Waals surface area contributed by atoms with E-state index in [1.807, 2.05) is 6.07 Å². The van der Waals surface area contributed by atoms with Crippen LogP contribution in [0.3, 0.4) is 0 Å². The summed E-state index contributed by atoms with van der Waals surface area (Å²) in [5.74, 6) is 0. The van der Waals surface area contributed by atoms with Crippen molar-refractivity contribution in [1.82, 2.24) is 5.32 Å². The van der Waals surface area contributed by atoms with Gasteiger partial charge in [-0.15, -0.1) is 0 Å². The summed E-state index contributed by atoms with van der Waals surface area (Å²) in [6, 6.07) is 6.87. The van der Waals surface area contributed by atoms with Crippen LogP contribution in [0.25, 0.3) is 0 Å². The van der Waals surface area contributed by atoms with Crippen LogP contribution in [0.5, 0.6) is 0 Å². The van der Waals surface area contributed by atoms with Gasteiger partial charge >= 0.3 is 0 Å². The van der Waals surface area contributed by atoms with Crippen LogP contribution in [0.1, 0.15) is 32.3 Å². The van der Waals surface area contributed by atoms with E-state index in [-0.39, 0.29) is 0 Å². The summed E-state index contributed by atoms with van der Waals surface area (Å²) in [5.41, 5.74) is 2.66. The Morgan fingerprint density at radius 3 is 2.94 bits per heavy atom. The molecule has 1 unspecified atom stereocenters. The van der Waals surface area contributed by atoms with Gasteiger partial charge in [-0.05, 0) is 44.0 Å². The van der Waals surface area contributed by atoms with Crippen molar-refractivity contribution in [3.8, 4) is 0 Å². The first kappa shape index (κ1) is 12.7. The van der Waals surface area contributed by atoms with E-state index in [0.29, 0.717) is 6.04 Å². The Hall–Kier alpha value is -0.730. The molecular weight excluding hydrogens is 232 g/mol. The quantitative estimate of drug-likeness (QED) is 0.883. The number of nitrogens with one attached hydrogen (secondary N) is 1. The molecule has 1 aromatic carbocycles. The second-order valence-corrected chi connectivity index (χ2v) is 5.17. The molecule has 1 heterocycles. The predicted molar refractivity (Wildman–Crippen MR) is 74.9 cm³/mol. The van der Waals surface area contributed by atoms with Crippen molar-refractivity contribution in [3.05, 3.63) is 28.8 Å². The lowest BCUT2D eigenvalue weighted by atomic mass is 10.1. The van der Waals surface area contributed by atoms with Crippen LogP contribution < -0.4 is 10.2 Å². The molecule has 0 saturated carbocycles. The predicted octanol–water partition coefficient (Wildman–Crippen LogP) is 3.44. The number of benzene rings is 1. The standard InChI is InChI=1S/C14H21ClN2/c1-3-16-10-12-6-7-13(15)9-14(12)17-8-4-5-11(17)2/h6-7,9,11,16H,3-5,8,10H2,1-2H3. The maximum Gasteiger partial charge on any atom is 0.0429 e. The SMILES string of the molecule is CCNCc1ccc(Cl)cc1N1CCCC1C. The smallest absolute Gasteiger partial charge is 0.0429 e. The maximum absolute atomic E-state index is 6.13. The lowest BCUT2D eigenvalue weighted by Crippen LogP contribution is -2.28. The van der Waals surface area contributed by atoms with Crippen molar-refractivity contribution in [2.24, 2.45) is 0 Å². The largest absolute Gasteiger partial charge is 0.369 e. The normalized spacial score (nSPS) is 19.9. The second-order valence-electron chi connectivity index (χ2n) is 4.74. The first-order valence-corrected chi connectivity index (χ1v) is 6.86. The molecule has 3 heteroatoms. The molecular formula is C14H21ClN2. The number of anilines is 1. The first-order chi connectivity index (χ1) is 8.22. The molecule has 1 aromatic rings. The van der Waals surface area contributed by atoms with E-state index in [2.05, 4.69) is 36.2 Å². The third-order valence-corrected chi connectivity index (χ3v) is 3.71. The van der Waals surface area contributed by atoms with E-state index in [1.54, 1.807) is 0 Å². The Labute approximate surface area is 109 Å². The zero-order valence-corrected chi connectivity index (χ0v) is 11.4. The topological polar surface area (TPSA) is 15.3 Å². The summed E-state index contributed by atoms with van der Waals surface area (Å²) in [5, 5.41) is 4.23. The minimum Gasteiger partial charge on any atom is -0.369 e. The first-order valence-electron chi connectivity index (χ1n) is 6.48.